The second-order valence-electron chi connectivity index (χ2n) is 7.35. The number of hydrogen-bond donors (Lipinski definition) is 3. The van der Waals surface area contributed by atoms with E-state index in [-0.39, 0.29) is 24.3 Å². The Morgan fingerprint density at radius 2 is 1.78 bits per heavy atom. The minimum atomic E-state index is -0.582. The van der Waals surface area contributed by atoms with Crippen molar-refractivity contribution < 1.29 is 14.3 Å². The summed E-state index contributed by atoms with van der Waals surface area (Å²) in [6.45, 7) is 0.429. The molecule has 2 heterocycles. The lowest BCUT2D eigenvalue weighted by molar-refractivity contribution is -0.121. The molecule has 2 aromatic heterocycles. The van der Waals surface area contributed by atoms with E-state index in [2.05, 4.69) is 15.3 Å². The largest absolute Gasteiger partial charge is 0.493 e. The van der Waals surface area contributed by atoms with Crippen LogP contribution in [0.5, 0.6) is 11.5 Å². The van der Waals surface area contributed by atoms with Gasteiger partial charge in [0.1, 0.15) is 0 Å². The molecule has 0 spiro atoms. The van der Waals surface area contributed by atoms with Gasteiger partial charge in [-0.15, -0.1) is 0 Å². The lowest BCUT2D eigenvalue weighted by Gasteiger charge is -2.11. The van der Waals surface area contributed by atoms with Crippen LogP contribution in [0.4, 0.5) is 0 Å². The number of amides is 1. The van der Waals surface area contributed by atoms with Crippen LogP contribution < -0.4 is 26.0 Å². The summed E-state index contributed by atoms with van der Waals surface area (Å²) in [6, 6.07) is 11.0. The van der Waals surface area contributed by atoms with Gasteiger partial charge in [-0.3, -0.25) is 14.2 Å². The van der Waals surface area contributed by atoms with Gasteiger partial charge in [0.2, 0.25) is 5.91 Å². The summed E-state index contributed by atoms with van der Waals surface area (Å²) in [7, 11) is 2.94. The number of H-pyrrole nitrogens is 2. The topological polar surface area (TPSA) is 118 Å². The minimum absolute atomic E-state index is 0.00959. The van der Waals surface area contributed by atoms with Crippen molar-refractivity contribution in [2.75, 3.05) is 20.8 Å². The van der Waals surface area contributed by atoms with Gasteiger partial charge in [0, 0.05) is 42.7 Å². The van der Waals surface area contributed by atoms with Crippen molar-refractivity contribution in [2.45, 2.75) is 19.4 Å². The zero-order chi connectivity index (χ0) is 22.7. The number of fused-ring (bicyclic) bond motifs is 2. The average Bonchev–Trinajstić information content (AvgIpc) is 3.21. The molecule has 9 nitrogen and oxygen atoms in total. The number of nitrogens with zero attached hydrogens (tertiary/aromatic N) is 1. The van der Waals surface area contributed by atoms with Crippen LogP contribution in [0.1, 0.15) is 12.0 Å². The average molecular weight is 436 g/mol. The van der Waals surface area contributed by atoms with Crippen LogP contribution in [0, 0.1) is 0 Å². The molecule has 0 unspecified atom stereocenters. The Morgan fingerprint density at radius 3 is 2.56 bits per heavy atom. The molecule has 1 amide bonds. The second-order valence-corrected chi connectivity index (χ2v) is 7.35. The monoisotopic (exact) mass is 436 g/mol. The van der Waals surface area contributed by atoms with Crippen LogP contribution in [0.15, 0.2) is 52.2 Å². The van der Waals surface area contributed by atoms with Crippen molar-refractivity contribution in [1.29, 1.82) is 0 Å². The summed E-state index contributed by atoms with van der Waals surface area (Å²) >= 11 is 0. The molecular weight excluding hydrogens is 412 g/mol. The Bertz CT molecular complexity index is 1400. The molecule has 4 aromatic rings. The van der Waals surface area contributed by atoms with E-state index in [0.29, 0.717) is 30.0 Å². The number of rotatable bonds is 8. The predicted molar refractivity (Wildman–Crippen MR) is 122 cm³/mol. The first-order valence-corrected chi connectivity index (χ1v) is 10.2. The normalized spacial score (nSPS) is 11.1. The van der Waals surface area contributed by atoms with Crippen LogP contribution in [0.25, 0.3) is 21.8 Å². The van der Waals surface area contributed by atoms with Crippen molar-refractivity contribution in [2.24, 2.45) is 0 Å². The minimum Gasteiger partial charge on any atom is -0.493 e. The molecule has 0 saturated heterocycles. The predicted octanol–water partition coefficient (Wildman–Crippen LogP) is 1.94. The van der Waals surface area contributed by atoms with Gasteiger partial charge in [-0.1, -0.05) is 18.2 Å². The Labute approximate surface area is 183 Å². The maximum absolute atomic E-state index is 12.8. The molecule has 4 rings (SSSR count). The van der Waals surface area contributed by atoms with E-state index >= 15 is 0 Å². The van der Waals surface area contributed by atoms with Crippen LogP contribution in [-0.2, 0) is 17.8 Å². The zero-order valence-corrected chi connectivity index (χ0v) is 17.9. The van der Waals surface area contributed by atoms with E-state index in [1.807, 2.05) is 30.5 Å². The summed E-state index contributed by atoms with van der Waals surface area (Å²) in [4.78, 5) is 43.4. The highest BCUT2D eigenvalue weighted by Gasteiger charge is 2.14. The highest BCUT2D eigenvalue weighted by atomic mass is 16.5. The summed E-state index contributed by atoms with van der Waals surface area (Å²) in [5, 5.41) is 4.26. The number of carbonyl (C=O) groups is 1. The Kier molecular flexibility index (Phi) is 5.98. The fourth-order valence-corrected chi connectivity index (χ4v) is 3.76. The number of para-hydroxylation sites is 1. The summed E-state index contributed by atoms with van der Waals surface area (Å²) in [6.07, 6.45) is 2.62. The number of aromatic nitrogens is 3. The molecule has 0 bridgehead atoms. The van der Waals surface area contributed by atoms with Crippen LogP contribution >= 0.6 is 0 Å². The molecule has 166 valence electrons. The Balaban J connectivity index is 1.42. The molecule has 3 N–H and O–H groups in total. The first-order valence-electron chi connectivity index (χ1n) is 10.2. The van der Waals surface area contributed by atoms with Crippen molar-refractivity contribution in [3.05, 3.63) is 69.0 Å². The van der Waals surface area contributed by atoms with Crippen molar-refractivity contribution >= 4 is 27.7 Å². The Morgan fingerprint density at radius 1 is 1.03 bits per heavy atom. The standard InChI is InChI=1S/C23H24N4O5/c1-31-19-11-16-18(12-20(19)32-2)26-23(30)27(22(16)29)10-8-21(28)24-9-7-14-13-25-17-6-4-3-5-15(14)17/h3-6,11-13,25H,7-10H2,1-2H3,(H,24,28)(H,26,30). The first kappa shape index (κ1) is 21.2. The van der Waals surface area contributed by atoms with E-state index in [1.165, 1.54) is 20.3 Å². The van der Waals surface area contributed by atoms with E-state index in [9.17, 15) is 14.4 Å². The molecule has 0 aliphatic rings. The number of methoxy groups -OCH3 is 2. The van der Waals surface area contributed by atoms with Crippen LogP contribution in [0.2, 0.25) is 0 Å². The number of hydrogen-bond acceptors (Lipinski definition) is 5. The van der Waals surface area contributed by atoms with Gasteiger partial charge in [-0.25, -0.2) is 4.79 Å². The van der Waals surface area contributed by atoms with Gasteiger partial charge < -0.3 is 24.8 Å². The van der Waals surface area contributed by atoms with Gasteiger partial charge in [0.15, 0.2) is 11.5 Å². The van der Waals surface area contributed by atoms with Crippen LogP contribution in [-0.4, -0.2) is 41.2 Å². The van der Waals surface area contributed by atoms with Gasteiger partial charge in [0.05, 0.1) is 25.1 Å². The van der Waals surface area contributed by atoms with Gasteiger partial charge in [0.25, 0.3) is 5.56 Å². The maximum Gasteiger partial charge on any atom is 0.328 e. The van der Waals surface area contributed by atoms with E-state index < -0.39 is 11.2 Å². The highest BCUT2D eigenvalue weighted by molar-refractivity contribution is 5.83. The third kappa shape index (κ3) is 4.09. The molecule has 2 aromatic carbocycles. The third-order valence-corrected chi connectivity index (χ3v) is 5.44. The van der Waals surface area contributed by atoms with E-state index in [0.717, 1.165) is 21.0 Å². The van der Waals surface area contributed by atoms with Gasteiger partial charge in [-0.2, -0.15) is 0 Å². The summed E-state index contributed by atoms with van der Waals surface area (Å²) in [5.41, 5.74) is 1.44. The zero-order valence-electron chi connectivity index (χ0n) is 17.9. The lowest BCUT2D eigenvalue weighted by Crippen LogP contribution is -2.37. The highest BCUT2D eigenvalue weighted by Crippen LogP contribution is 2.29. The lowest BCUT2D eigenvalue weighted by atomic mass is 10.1. The number of nitrogens with one attached hydrogen (secondary N) is 3. The quantitative estimate of drug-likeness (QED) is 0.390. The molecule has 0 aliphatic heterocycles. The van der Waals surface area contributed by atoms with Crippen molar-refractivity contribution in [3.8, 4) is 11.5 Å². The summed E-state index contributed by atoms with van der Waals surface area (Å²) < 4.78 is 11.5. The first-order chi connectivity index (χ1) is 15.5. The van der Waals surface area contributed by atoms with Crippen molar-refractivity contribution in [1.82, 2.24) is 19.9 Å². The molecule has 0 radical (unpaired) electrons. The van der Waals surface area contributed by atoms with E-state index in [4.69, 9.17) is 9.47 Å². The molecule has 32 heavy (non-hydrogen) atoms. The third-order valence-electron chi connectivity index (χ3n) is 5.44. The molecule has 0 fully saturated rings. The molecular formula is C23H24N4O5. The molecule has 0 atom stereocenters. The number of carbonyl (C=O) groups excluding carboxylic acids is 1. The Hall–Kier alpha value is -4.01. The smallest absolute Gasteiger partial charge is 0.328 e. The maximum atomic E-state index is 12.8. The fraction of sp³-hybridized carbons (Fsp3) is 0.261. The second kappa shape index (κ2) is 9.01. The molecule has 0 aliphatic carbocycles. The fourth-order valence-electron chi connectivity index (χ4n) is 3.76. The van der Waals surface area contributed by atoms with Gasteiger partial charge >= 0.3 is 5.69 Å². The van der Waals surface area contributed by atoms with Gasteiger partial charge in [-0.05, 0) is 24.1 Å². The van der Waals surface area contributed by atoms with E-state index in [1.54, 1.807) is 6.07 Å². The number of ether oxygens (including phenoxy) is 2. The van der Waals surface area contributed by atoms with Crippen molar-refractivity contribution in [3.63, 3.8) is 0 Å². The number of aromatic amines is 2. The summed E-state index contributed by atoms with van der Waals surface area (Å²) in [5.74, 6) is 0.552. The SMILES string of the molecule is COc1cc2[nH]c(=O)n(CCC(=O)NCCc3c[nH]c4ccccc34)c(=O)c2cc1OC. The molecule has 9 heteroatoms. The number of benzene rings is 2. The van der Waals surface area contributed by atoms with Crippen LogP contribution in [0.3, 0.4) is 0 Å². The molecule has 0 saturated carbocycles.